The van der Waals surface area contributed by atoms with Crippen LogP contribution < -0.4 is 0 Å². The molecule has 1 aliphatic rings. The molecule has 82 valence electrons. The largest absolute Gasteiger partial charge is 0.346 e. The summed E-state index contributed by atoms with van der Waals surface area (Å²) < 4.78 is 2.03. The van der Waals surface area contributed by atoms with E-state index < -0.39 is 0 Å². The summed E-state index contributed by atoms with van der Waals surface area (Å²) in [7, 11) is 1.99. The van der Waals surface area contributed by atoms with Gasteiger partial charge in [-0.2, -0.15) is 0 Å². The average Bonchev–Trinajstić information content (AvgIpc) is 2.62. The van der Waals surface area contributed by atoms with Crippen LogP contribution >= 0.6 is 0 Å². The van der Waals surface area contributed by atoms with Gasteiger partial charge in [0.1, 0.15) is 0 Å². The molecule has 2 nitrogen and oxygen atoms in total. The van der Waals surface area contributed by atoms with Crippen molar-refractivity contribution in [3.05, 3.63) is 23.5 Å². The van der Waals surface area contributed by atoms with Crippen LogP contribution in [0.3, 0.4) is 0 Å². The van der Waals surface area contributed by atoms with Gasteiger partial charge in [-0.25, -0.2) is 0 Å². The summed E-state index contributed by atoms with van der Waals surface area (Å²) in [5.74, 6) is 0.840. The molecular weight excluding hydrogens is 186 g/mol. The fraction of sp³-hybridized carbons (Fsp3) is 0.615. The summed E-state index contributed by atoms with van der Waals surface area (Å²) in [4.78, 5) is 10.7. The van der Waals surface area contributed by atoms with E-state index in [0.29, 0.717) is 0 Å². The van der Waals surface area contributed by atoms with Gasteiger partial charge in [0.05, 0.1) is 5.69 Å². The van der Waals surface area contributed by atoms with Gasteiger partial charge in [-0.05, 0) is 24.5 Å². The van der Waals surface area contributed by atoms with Gasteiger partial charge in [0.25, 0.3) is 0 Å². The molecule has 0 saturated heterocycles. The van der Waals surface area contributed by atoms with Gasteiger partial charge in [0.2, 0.25) is 0 Å². The highest BCUT2D eigenvalue weighted by Gasteiger charge is 2.15. The molecule has 0 N–H and O–H groups in total. The van der Waals surface area contributed by atoms with E-state index in [1.54, 1.807) is 0 Å². The molecule has 0 aromatic carbocycles. The summed E-state index contributed by atoms with van der Waals surface area (Å²) >= 11 is 0. The van der Waals surface area contributed by atoms with Crippen molar-refractivity contribution < 1.29 is 4.79 Å². The molecular formula is C13H19NO. The average molecular weight is 205 g/mol. The third-order valence-electron chi connectivity index (χ3n) is 3.61. The number of aldehydes is 1. The molecule has 1 aromatic rings. The Morgan fingerprint density at radius 3 is 2.67 bits per heavy atom. The molecule has 15 heavy (non-hydrogen) atoms. The quantitative estimate of drug-likeness (QED) is 0.695. The van der Waals surface area contributed by atoms with Gasteiger partial charge in [0.15, 0.2) is 6.29 Å². The minimum atomic E-state index is 0.792. The van der Waals surface area contributed by atoms with Crippen LogP contribution in [0.5, 0.6) is 0 Å². The summed E-state index contributed by atoms with van der Waals surface area (Å²) in [6.45, 7) is 0. The molecule has 2 rings (SSSR count). The lowest BCUT2D eigenvalue weighted by atomic mass is 9.86. The lowest BCUT2D eigenvalue weighted by molar-refractivity contribution is 0.111. The molecule has 0 radical (unpaired) electrons. The number of aromatic nitrogens is 1. The van der Waals surface area contributed by atoms with Crippen LogP contribution in [0, 0.1) is 5.92 Å². The zero-order valence-corrected chi connectivity index (χ0v) is 9.41. The maximum atomic E-state index is 10.7. The second kappa shape index (κ2) is 4.65. The first-order valence-corrected chi connectivity index (χ1v) is 5.91. The molecule has 1 saturated carbocycles. The third-order valence-corrected chi connectivity index (χ3v) is 3.61. The van der Waals surface area contributed by atoms with E-state index in [2.05, 4.69) is 6.07 Å². The Bertz CT molecular complexity index is 334. The van der Waals surface area contributed by atoms with E-state index in [0.717, 1.165) is 24.3 Å². The Kier molecular flexibility index (Phi) is 3.24. The van der Waals surface area contributed by atoms with Crippen LogP contribution in [0.2, 0.25) is 0 Å². The van der Waals surface area contributed by atoms with Crippen LogP contribution in [0.1, 0.15) is 48.3 Å². The lowest BCUT2D eigenvalue weighted by Gasteiger charge is -2.21. The Morgan fingerprint density at radius 2 is 2.07 bits per heavy atom. The molecule has 0 spiro atoms. The smallest absolute Gasteiger partial charge is 0.166 e. The summed E-state index contributed by atoms with van der Waals surface area (Å²) in [6.07, 6.45) is 8.98. The first kappa shape index (κ1) is 10.5. The zero-order chi connectivity index (χ0) is 10.7. The van der Waals surface area contributed by atoms with E-state index in [1.807, 2.05) is 17.7 Å². The van der Waals surface area contributed by atoms with Crippen molar-refractivity contribution in [3.8, 4) is 0 Å². The van der Waals surface area contributed by atoms with Crippen molar-refractivity contribution in [1.82, 2.24) is 4.57 Å². The van der Waals surface area contributed by atoms with Crippen molar-refractivity contribution in [2.24, 2.45) is 13.0 Å². The fourth-order valence-electron chi connectivity index (χ4n) is 2.58. The molecule has 2 heteroatoms. The Labute approximate surface area is 91.3 Å². The fourth-order valence-corrected chi connectivity index (χ4v) is 2.58. The van der Waals surface area contributed by atoms with E-state index in [9.17, 15) is 4.79 Å². The van der Waals surface area contributed by atoms with Crippen LogP contribution in [-0.4, -0.2) is 10.9 Å². The third kappa shape index (κ3) is 2.31. The SMILES string of the molecule is Cn1c(C=O)ccc1CC1CCCCC1. The summed E-state index contributed by atoms with van der Waals surface area (Å²) in [5, 5.41) is 0. The minimum Gasteiger partial charge on any atom is -0.346 e. The second-order valence-electron chi connectivity index (χ2n) is 4.63. The number of rotatable bonds is 3. The molecule has 1 heterocycles. The number of nitrogens with zero attached hydrogens (tertiary/aromatic N) is 1. The standard InChI is InChI=1S/C13H19NO/c1-14-12(7-8-13(14)10-15)9-11-5-3-2-4-6-11/h7-8,10-11H,2-6,9H2,1H3. The Hall–Kier alpha value is -1.05. The molecule has 1 aliphatic carbocycles. The first-order chi connectivity index (χ1) is 7.31. The van der Waals surface area contributed by atoms with Crippen molar-refractivity contribution in [3.63, 3.8) is 0 Å². The van der Waals surface area contributed by atoms with E-state index in [1.165, 1.54) is 37.8 Å². The predicted octanol–water partition coefficient (Wildman–Crippen LogP) is 2.96. The number of carbonyl (C=O) groups is 1. The first-order valence-electron chi connectivity index (χ1n) is 5.91. The predicted molar refractivity (Wildman–Crippen MR) is 61.1 cm³/mol. The zero-order valence-electron chi connectivity index (χ0n) is 9.41. The number of hydrogen-bond donors (Lipinski definition) is 0. The Morgan fingerprint density at radius 1 is 1.33 bits per heavy atom. The molecule has 1 fully saturated rings. The van der Waals surface area contributed by atoms with Crippen molar-refractivity contribution >= 4 is 6.29 Å². The van der Waals surface area contributed by atoms with Crippen LogP contribution in [0.25, 0.3) is 0 Å². The van der Waals surface area contributed by atoms with Gasteiger partial charge in [-0.1, -0.05) is 32.1 Å². The van der Waals surface area contributed by atoms with Crippen molar-refractivity contribution in [2.75, 3.05) is 0 Å². The number of hydrogen-bond acceptors (Lipinski definition) is 1. The monoisotopic (exact) mass is 205 g/mol. The minimum absolute atomic E-state index is 0.792. The molecule has 0 atom stereocenters. The van der Waals surface area contributed by atoms with Crippen LogP contribution in [0.4, 0.5) is 0 Å². The van der Waals surface area contributed by atoms with Crippen molar-refractivity contribution in [1.29, 1.82) is 0 Å². The van der Waals surface area contributed by atoms with Crippen molar-refractivity contribution in [2.45, 2.75) is 38.5 Å². The molecule has 0 amide bonds. The second-order valence-corrected chi connectivity index (χ2v) is 4.63. The number of carbonyl (C=O) groups excluding carboxylic acids is 1. The molecule has 0 aliphatic heterocycles. The van der Waals surface area contributed by atoms with Crippen LogP contribution in [0.15, 0.2) is 12.1 Å². The van der Waals surface area contributed by atoms with E-state index in [4.69, 9.17) is 0 Å². The van der Waals surface area contributed by atoms with Gasteiger partial charge in [-0.15, -0.1) is 0 Å². The lowest BCUT2D eigenvalue weighted by Crippen LogP contribution is -2.12. The Balaban J connectivity index is 2.03. The highest BCUT2D eigenvalue weighted by Crippen LogP contribution is 2.27. The molecule has 0 bridgehead atoms. The van der Waals surface area contributed by atoms with E-state index >= 15 is 0 Å². The van der Waals surface area contributed by atoms with Gasteiger partial charge < -0.3 is 4.57 Å². The maximum Gasteiger partial charge on any atom is 0.166 e. The highest BCUT2D eigenvalue weighted by molar-refractivity contribution is 5.72. The van der Waals surface area contributed by atoms with Gasteiger partial charge >= 0.3 is 0 Å². The topological polar surface area (TPSA) is 22.0 Å². The van der Waals surface area contributed by atoms with Crippen LogP contribution in [-0.2, 0) is 13.5 Å². The maximum absolute atomic E-state index is 10.7. The molecule has 0 unspecified atom stereocenters. The molecule has 1 aromatic heterocycles. The van der Waals surface area contributed by atoms with Gasteiger partial charge in [-0.3, -0.25) is 4.79 Å². The summed E-state index contributed by atoms with van der Waals surface area (Å²) in [6, 6.07) is 4.02. The van der Waals surface area contributed by atoms with E-state index in [-0.39, 0.29) is 0 Å². The summed E-state index contributed by atoms with van der Waals surface area (Å²) in [5.41, 5.74) is 2.10. The highest BCUT2D eigenvalue weighted by atomic mass is 16.1. The normalized spacial score (nSPS) is 17.9. The van der Waals surface area contributed by atoms with Gasteiger partial charge in [0, 0.05) is 12.7 Å².